The summed E-state index contributed by atoms with van der Waals surface area (Å²) in [4.78, 5) is 27.1. The molecule has 0 bridgehead atoms. The molecule has 1 fully saturated rings. The molecule has 0 spiro atoms. The third-order valence-electron chi connectivity index (χ3n) is 2.84. The van der Waals surface area contributed by atoms with E-state index in [1.807, 2.05) is 0 Å². The number of hydrogen-bond donors (Lipinski definition) is 2. The summed E-state index contributed by atoms with van der Waals surface area (Å²) in [6.45, 7) is 0. The molecule has 4 N–H and O–H groups in total. The van der Waals surface area contributed by atoms with Crippen LogP contribution in [-0.4, -0.2) is 29.0 Å². The monoisotopic (exact) mass is 328 g/mol. The molecule has 1 saturated carbocycles. The second-order valence-electron chi connectivity index (χ2n) is 3.57. The van der Waals surface area contributed by atoms with Crippen molar-refractivity contribution in [2.45, 2.75) is 18.4 Å². The molecule has 0 heterocycles. The lowest BCUT2D eigenvalue weighted by molar-refractivity contribution is -0.164. The lowest BCUT2D eigenvalue weighted by Crippen LogP contribution is -2.43. The molecule has 0 aromatic rings. The first-order chi connectivity index (χ1) is 6.98. The Morgan fingerprint density at radius 2 is 2.07 bits per heavy atom. The summed E-state index contributed by atoms with van der Waals surface area (Å²) >= 11 is 2.12. The van der Waals surface area contributed by atoms with Crippen LogP contribution in [0.1, 0.15) is 12.8 Å². The Morgan fingerprint density at radius 3 is 2.47 bits per heavy atom. The van der Waals surface area contributed by atoms with Crippen molar-refractivity contribution in [1.82, 2.24) is 0 Å². The maximum absolute atomic E-state index is 11.5. The smallest absolute Gasteiger partial charge is 0.343 e. The van der Waals surface area contributed by atoms with E-state index < -0.39 is 22.9 Å². The van der Waals surface area contributed by atoms with Crippen molar-refractivity contribution in [3.05, 3.63) is 0 Å². The maximum atomic E-state index is 11.5. The van der Waals surface area contributed by atoms with Crippen molar-refractivity contribution in [3.8, 4) is 0 Å². The van der Waals surface area contributed by atoms with Gasteiger partial charge in [-0.3, -0.25) is 4.79 Å². The SMILES string of the molecule is COC(=O)C1(C(=O)ON)CC1(N)CCI. The highest BCUT2D eigenvalue weighted by Gasteiger charge is 2.76. The van der Waals surface area contributed by atoms with Gasteiger partial charge in [-0.05, 0) is 12.8 Å². The number of alkyl halides is 1. The molecule has 0 aromatic carbocycles. The molecule has 1 aliphatic carbocycles. The second kappa shape index (κ2) is 4.22. The van der Waals surface area contributed by atoms with Crippen LogP contribution >= 0.6 is 22.6 Å². The molecule has 0 aliphatic heterocycles. The lowest BCUT2D eigenvalue weighted by Gasteiger charge is -2.17. The largest absolute Gasteiger partial charge is 0.468 e. The van der Waals surface area contributed by atoms with Crippen molar-refractivity contribution in [2.24, 2.45) is 17.0 Å². The molecular weight excluding hydrogens is 315 g/mol. The Labute approximate surface area is 101 Å². The van der Waals surface area contributed by atoms with E-state index in [9.17, 15) is 9.59 Å². The number of halogens is 1. The van der Waals surface area contributed by atoms with E-state index in [0.29, 0.717) is 6.42 Å². The highest BCUT2D eigenvalue weighted by molar-refractivity contribution is 14.1. The Balaban J connectivity index is 2.94. The van der Waals surface area contributed by atoms with Gasteiger partial charge >= 0.3 is 11.9 Å². The molecule has 2 unspecified atom stereocenters. The predicted molar refractivity (Wildman–Crippen MR) is 59.8 cm³/mol. The summed E-state index contributed by atoms with van der Waals surface area (Å²) in [5.74, 6) is 3.30. The lowest BCUT2D eigenvalue weighted by atomic mass is 9.98. The van der Waals surface area contributed by atoms with Gasteiger partial charge in [-0.15, -0.1) is 0 Å². The second-order valence-corrected chi connectivity index (χ2v) is 4.65. The van der Waals surface area contributed by atoms with E-state index >= 15 is 0 Å². The van der Waals surface area contributed by atoms with E-state index in [2.05, 4.69) is 32.2 Å². The van der Waals surface area contributed by atoms with Gasteiger partial charge in [0.2, 0.25) is 0 Å². The van der Waals surface area contributed by atoms with Crippen molar-refractivity contribution < 1.29 is 19.2 Å². The Bertz CT molecular complexity index is 280. The van der Waals surface area contributed by atoms with Gasteiger partial charge < -0.3 is 15.3 Å². The molecule has 1 aliphatic rings. The molecule has 0 saturated heterocycles. The van der Waals surface area contributed by atoms with Gasteiger partial charge in [0.15, 0.2) is 5.41 Å². The molecule has 1 rings (SSSR count). The zero-order valence-corrected chi connectivity index (χ0v) is 10.4. The van der Waals surface area contributed by atoms with Gasteiger partial charge in [0.1, 0.15) is 0 Å². The van der Waals surface area contributed by atoms with Crippen LogP contribution in [0.15, 0.2) is 0 Å². The Kier molecular flexibility index (Phi) is 3.56. The van der Waals surface area contributed by atoms with Crippen molar-refractivity contribution in [1.29, 1.82) is 0 Å². The average molecular weight is 328 g/mol. The molecule has 86 valence electrons. The number of carbonyl (C=O) groups is 2. The van der Waals surface area contributed by atoms with Crippen LogP contribution in [0.5, 0.6) is 0 Å². The van der Waals surface area contributed by atoms with Crippen LogP contribution in [0.3, 0.4) is 0 Å². The Morgan fingerprint density at radius 1 is 1.47 bits per heavy atom. The Hall–Kier alpha value is -0.410. The number of carbonyl (C=O) groups excluding carboxylic acids is 2. The van der Waals surface area contributed by atoms with E-state index in [0.717, 1.165) is 4.43 Å². The van der Waals surface area contributed by atoms with Gasteiger partial charge in [-0.2, -0.15) is 5.90 Å². The molecule has 6 nitrogen and oxygen atoms in total. The zero-order chi connectivity index (χ0) is 11.7. The van der Waals surface area contributed by atoms with Crippen LogP contribution in [0.4, 0.5) is 0 Å². The van der Waals surface area contributed by atoms with Gasteiger partial charge in [0, 0.05) is 9.97 Å². The average Bonchev–Trinajstić information content (AvgIpc) is 2.84. The minimum Gasteiger partial charge on any atom is -0.468 e. The third kappa shape index (κ3) is 1.72. The molecule has 7 heteroatoms. The molecule has 2 atom stereocenters. The topological polar surface area (TPSA) is 105 Å². The van der Waals surface area contributed by atoms with E-state index in [-0.39, 0.29) is 6.42 Å². The highest BCUT2D eigenvalue weighted by Crippen LogP contribution is 2.58. The molecule has 0 amide bonds. The number of rotatable bonds is 4. The van der Waals surface area contributed by atoms with Gasteiger partial charge in [0.25, 0.3) is 0 Å². The molecular formula is C8H13IN2O4. The van der Waals surface area contributed by atoms with Crippen LogP contribution < -0.4 is 11.6 Å². The highest BCUT2D eigenvalue weighted by atomic mass is 127. The van der Waals surface area contributed by atoms with Crippen LogP contribution in [0.25, 0.3) is 0 Å². The van der Waals surface area contributed by atoms with Crippen LogP contribution in [0.2, 0.25) is 0 Å². The first-order valence-electron chi connectivity index (χ1n) is 4.33. The van der Waals surface area contributed by atoms with Crippen LogP contribution in [-0.2, 0) is 19.2 Å². The third-order valence-corrected chi connectivity index (χ3v) is 3.37. The zero-order valence-electron chi connectivity index (χ0n) is 8.29. The van der Waals surface area contributed by atoms with Gasteiger partial charge in [0.05, 0.1) is 7.11 Å². The summed E-state index contributed by atoms with van der Waals surface area (Å²) < 4.78 is 5.31. The van der Waals surface area contributed by atoms with E-state index in [1.165, 1.54) is 7.11 Å². The summed E-state index contributed by atoms with van der Waals surface area (Å²) in [7, 11) is 1.21. The first-order valence-corrected chi connectivity index (χ1v) is 5.85. The fourth-order valence-electron chi connectivity index (χ4n) is 1.81. The summed E-state index contributed by atoms with van der Waals surface area (Å²) in [6.07, 6.45) is 0.767. The first kappa shape index (κ1) is 12.7. The van der Waals surface area contributed by atoms with Gasteiger partial charge in [-0.1, -0.05) is 22.6 Å². The number of esters is 1. The quantitative estimate of drug-likeness (QED) is 0.237. The normalized spacial score (nSPS) is 33.3. The number of nitrogens with two attached hydrogens (primary N) is 2. The van der Waals surface area contributed by atoms with Crippen molar-refractivity contribution >= 4 is 34.5 Å². The molecule has 15 heavy (non-hydrogen) atoms. The standard InChI is InChI=1S/C8H13IN2O4/c1-14-5(12)8(6(13)15-11)4-7(8,10)2-3-9/h2-4,10-11H2,1H3. The summed E-state index contributed by atoms with van der Waals surface area (Å²) in [5, 5.41) is 0. The minimum absolute atomic E-state index is 0.228. The number of methoxy groups -OCH3 is 1. The van der Waals surface area contributed by atoms with Crippen molar-refractivity contribution in [2.75, 3.05) is 11.5 Å². The van der Waals surface area contributed by atoms with Crippen LogP contribution in [0, 0.1) is 5.41 Å². The number of ether oxygens (including phenoxy) is 1. The van der Waals surface area contributed by atoms with Gasteiger partial charge in [-0.25, -0.2) is 4.79 Å². The fraction of sp³-hybridized carbons (Fsp3) is 0.750. The maximum Gasteiger partial charge on any atom is 0.343 e. The van der Waals surface area contributed by atoms with Crippen molar-refractivity contribution in [3.63, 3.8) is 0 Å². The predicted octanol–water partition coefficient (Wildman–Crippen LogP) is -0.511. The molecule has 0 radical (unpaired) electrons. The summed E-state index contributed by atoms with van der Waals surface area (Å²) in [5.41, 5.74) is 3.65. The minimum atomic E-state index is -1.40. The summed E-state index contributed by atoms with van der Waals surface area (Å²) in [6, 6.07) is 0. The fourth-order valence-corrected chi connectivity index (χ4v) is 2.77. The van der Waals surface area contributed by atoms with E-state index in [4.69, 9.17) is 11.6 Å². The van der Waals surface area contributed by atoms with E-state index in [1.54, 1.807) is 0 Å². The number of hydrogen-bond acceptors (Lipinski definition) is 6. The molecule has 0 aromatic heterocycles.